The molecule has 2 aliphatic rings. The standard InChI is InChI=1S/C65H43N/c1-3-18-44(19-4-1)45-34-36-47(37-35-45)64-52-25-8-7-20-46(52)38-41-58(64)57-29-12-16-33-63(57)66(50-22-5-2-6-23-50)51-24-17-21-48(42-51)49-39-40-56-55-28-11-15-32-61(55)65(62(56)43-49)59-30-13-9-26-53(59)54-27-10-14-31-60(54)65/h1-43H/i1D,2D,3D,4D,5D,6D,7D,8D,9D,10D,11D,12D,13D,14D,15D,16D,17D,18D,19D,20D,21D,22D,23D,24D,25D,26D,27D,28D,29D,30D,31D,32D,33D,34D,35D,36D,37D,38D,39D,40D,41D,42D,43D. The monoisotopic (exact) mass is 881 g/mol. The van der Waals surface area contributed by atoms with E-state index < -0.39 is 382 Å². The fourth-order valence-corrected chi connectivity index (χ4v) is 8.29. The zero-order valence-corrected chi connectivity index (χ0v) is 32.9. The molecule has 0 radical (unpaired) electrons. The van der Waals surface area contributed by atoms with Gasteiger partial charge >= 0.3 is 0 Å². The van der Waals surface area contributed by atoms with E-state index in [0.29, 0.717) is 0 Å². The zero-order valence-electron chi connectivity index (χ0n) is 75.9. The van der Waals surface area contributed by atoms with E-state index in [1.807, 2.05) is 0 Å². The van der Waals surface area contributed by atoms with Crippen LogP contribution < -0.4 is 4.90 Å². The molecule has 1 spiro atoms. The summed E-state index contributed by atoms with van der Waals surface area (Å²) < 4.78 is 403. The van der Waals surface area contributed by atoms with Gasteiger partial charge in [-0.05, 0) is 130 Å². The van der Waals surface area contributed by atoms with Gasteiger partial charge in [-0.25, -0.2) is 0 Å². The Bertz CT molecular complexity index is 6030. The Morgan fingerprint density at radius 2 is 0.758 bits per heavy atom. The molecule has 308 valence electrons. The van der Waals surface area contributed by atoms with Crippen LogP contribution in [-0.2, 0) is 5.41 Å². The van der Waals surface area contributed by atoms with Crippen molar-refractivity contribution in [3.63, 3.8) is 0 Å². The molecule has 0 atom stereocenters. The topological polar surface area (TPSA) is 3.24 Å². The molecule has 11 aromatic rings. The van der Waals surface area contributed by atoms with Crippen LogP contribution >= 0.6 is 0 Å². The Morgan fingerprint density at radius 1 is 0.288 bits per heavy atom. The van der Waals surface area contributed by atoms with Crippen molar-refractivity contribution in [2.24, 2.45) is 0 Å². The number of benzene rings is 11. The van der Waals surface area contributed by atoms with Crippen LogP contribution in [0.3, 0.4) is 0 Å². The molecule has 0 N–H and O–H groups in total. The fourth-order valence-electron chi connectivity index (χ4n) is 8.29. The Balaban J connectivity index is 1.26. The molecule has 0 aliphatic heterocycles. The van der Waals surface area contributed by atoms with Crippen molar-refractivity contribution in [3.05, 3.63) is 282 Å². The molecular formula is C65H43N. The van der Waals surface area contributed by atoms with Crippen molar-refractivity contribution in [3.8, 4) is 66.8 Å². The van der Waals surface area contributed by atoms with Crippen molar-refractivity contribution >= 4 is 27.8 Å². The molecule has 13 rings (SSSR count). The lowest BCUT2D eigenvalue weighted by Crippen LogP contribution is -2.25. The second kappa shape index (κ2) is 15.3. The van der Waals surface area contributed by atoms with Gasteiger partial charge in [0.2, 0.25) is 0 Å². The van der Waals surface area contributed by atoms with Crippen LogP contribution in [0.25, 0.3) is 77.5 Å². The molecule has 1 heteroatoms. The van der Waals surface area contributed by atoms with Crippen molar-refractivity contribution in [1.29, 1.82) is 0 Å². The lowest BCUT2D eigenvalue weighted by molar-refractivity contribution is 0.794. The molecule has 0 aromatic heterocycles. The van der Waals surface area contributed by atoms with Gasteiger partial charge < -0.3 is 4.90 Å². The first-order chi connectivity index (χ1) is 50.6. The van der Waals surface area contributed by atoms with E-state index in [2.05, 4.69) is 0 Å². The zero-order chi connectivity index (χ0) is 81.0. The van der Waals surface area contributed by atoms with Crippen LogP contribution in [0.5, 0.6) is 0 Å². The van der Waals surface area contributed by atoms with Gasteiger partial charge in [-0.2, -0.15) is 0 Å². The van der Waals surface area contributed by atoms with Crippen LogP contribution in [-0.4, -0.2) is 0 Å². The van der Waals surface area contributed by atoms with Gasteiger partial charge in [0, 0.05) is 16.9 Å². The van der Waals surface area contributed by atoms with Crippen LogP contribution in [0.4, 0.5) is 17.1 Å². The summed E-state index contributed by atoms with van der Waals surface area (Å²) in [6.07, 6.45) is 0. The molecule has 0 fully saturated rings. The highest BCUT2D eigenvalue weighted by Crippen LogP contribution is 2.63. The minimum absolute atomic E-state index is 0.132. The van der Waals surface area contributed by atoms with Gasteiger partial charge in [0.1, 0.15) is 0 Å². The first kappa shape index (κ1) is 14.5. The smallest absolute Gasteiger partial charge is 0.0725 e. The van der Waals surface area contributed by atoms with E-state index in [4.69, 9.17) is 23.3 Å². The van der Waals surface area contributed by atoms with Gasteiger partial charge in [0.25, 0.3) is 0 Å². The minimum Gasteiger partial charge on any atom is -0.310 e. The van der Waals surface area contributed by atoms with Gasteiger partial charge in [0.05, 0.1) is 70.0 Å². The molecule has 0 amide bonds. The van der Waals surface area contributed by atoms with E-state index in [9.17, 15) is 35.6 Å². The van der Waals surface area contributed by atoms with Crippen molar-refractivity contribution in [1.82, 2.24) is 0 Å². The van der Waals surface area contributed by atoms with E-state index in [-0.39, 0.29) is 4.90 Å². The molecule has 0 unspecified atom stereocenters. The van der Waals surface area contributed by atoms with Gasteiger partial charge in [-0.15, -0.1) is 0 Å². The fraction of sp³-hybridized carbons (Fsp3) is 0.0154. The lowest BCUT2D eigenvalue weighted by Gasteiger charge is -2.31. The van der Waals surface area contributed by atoms with E-state index >= 15 is 0 Å². The number of anilines is 3. The molecular weight excluding hydrogens is 795 g/mol. The summed E-state index contributed by atoms with van der Waals surface area (Å²) in [5.74, 6) is 0. The maximum Gasteiger partial charge on any atom is 0.0725 e. The number of para-hydroxylation sites is 2. The maximum absolute atomic E-state index is 10.6. The average molecular weight is 881 g/mol. The van der Waals surface area contributed by atoms with Gasteiger partial charge in [-0.1, -0.05) is 224 Å². The molecule has 0 saturated carbocycles. The summed E-state index contributed by atoms with van der Waals surface area (Å²) in [5.41, 5.74) is -23.4. The molecule has 66 heavy (non-hydrogen) atoms. The highest BCUT2D eigenvalue weighted by atomic mass is 15.1. The third-order valence-corrected chi connectivity index (χ3v) is 10.9. The van der Waals surface area contributed by atoms with Crippen LogP contribution in [0.2, 0.25) is 0 Å². The van der Waals surface area contributed by atoms with Crippen LogP contribution in [0, 0.1) is 0 Å². The second-order valence-electron chi connectivity index (χ2n) is 14.3. The van der Waals surface area contributed by atoms with Gasteiger partial charge in [0.15, 0.2) is 0 Å². The van der Waals surface area contributed by atoms with Crippen molar-refractivity contribution in [2.75, 3.05) is 4.90 Å². The maximum atomic E-state index is 10.6. The van der Waals surface area contributed by atoms with Crippen LogP contribution in [0.15, 0.2) is 260 Å². The van der Waals surface area contributed by atoms with Crippen molar-refractivity contribution in [2.45, 2.75) is 5.41 Å². The van der Waals surface area contributed by atoms with Crippen LogP contribution in [0.1, 0.15) is 81.2 Å². The van der Waals surface area contributed by atoms with Gasteiger partial charge in [-0.3, -0.25) is 0 Å². The Hall–Kier alpha value is -8.52. The third-order valence-electron chi connectivity index (χ3n) is 10.9. The van der Waals surface area contributed by atoms with E-state index in [1.165, 1.54) is 0 Å². The number of nitrogens with zero attached hydrogens (tertiary/aromatic N) is 1. The summed E-state index contributed by atoms with van der Waals surface area (Å²) in [7, 11) is 0. The molecule has 0 saturated heterocycles. The Labute approximate surface area is 446 Å². The number of hydrogen-bond donors (Lipinski definition) is 0. The SMILES string of the molecule is [2H]c1c([2H])c([2H])c(-c2c([2H])c([2H])c(-c3c(-c4c([2H])c([2H])c([2H])c([2H])c4N(c4c([2H])c([2H])c([2H])c([2H])c4[2H])c4c([2H])c([2H])c([2H])c(-c5c([2H])c([2H])c6c(c5[2H])C5(c7c([2H])c([2H])c([2H])c([2H])c7-c7c([2H])c([2H])c([2H])c([2H])c75)c5c([2H])c([2H])c([2H])c([2H])c5-6)c4[2H])c([2H])c([2H])c4c([2H])c([2H])c([2H])c([2H])c34)c([2H])c2[2H])c([2H])c1[2H]. The quantitative estimate of drug-likeness (QED) is 0.154. The third kappa shape index (κ3) is 5.80. The highest BCUT2D eigenvalue weighted by molar-refractivity contribution is 6.07. The first-order valence-corrected chi connectivity index (χ1v) is 19.4. The van der Waals surface area contributed by atoms with Crippen molar-refractivity contribution < 1.29 is 58.9 Å². The number of fused-ring (bicyclic) bond motifs is 11. The van der Waals surface area contributed by atoms with E-state index in [0.717, 1.165) is 0 Å². The molecule has 2 aliphatic carbocycles. The predicted octanol–water partition coefficient (Wildman–Crippen LogP) is 17.3. The summed E-state index contributed by atoms with van der Waals surface area (Å²) in [6.45, 7) is 0. The Kier molecular flexibility index (Phi) is 3.37. The number of hydrogen-bond acceptors (Lipinski definition) is 1. The average Bonchev–Trinajstić information content (AvgIpc) is 1.48. The summed E-state index contributed by atoms with van der Waals surface area (Å²) >= 11 is 0. The van der Waals surface area contributed by atoms with E-state index in [1.54, 1.807) is 0 Å². The predicted molar refractivity (Wildman–Crippen MR) is 277 cm³/mol. The highest BCUT2D eigenvalue weighted by Gasteiger charge is 2.51. The Morgan fingerprint density at radius 3 is 1.45 bits per heavy atom. The normalized spacial score (nSPS) is 21.8. The summed E-state index contributed by atoms with van der Waals surface area (Å²) in [4.78, 5) is 0.132. The molecule has 0 bridgehead atoms. The number of rotatable bonds is 7. The molecule has 11 aromatic carbocycles. The summed E-state index contributed by atoms with van der Waals surface area (Å²) in [5, 5.41) is -2.00. The summed E-state index contributed by atoms with van der Waals surface area (Å²) in [6, 6.07) is -52.9. The molecule has 0 heterocycles. The second-order valence-corrected chi connectivity index (χ2v) is 14.3. The minimum atomic E-state index is -3.09. The lowest BCUT2D eigenvalue weighted by atomic mass is 9.70. The largest absolute Gasteiger partial charge is 0.310 e. The first-order valence-electron chi connectivity index (χ1n) is 40.9. The molecule has 1 nitrogen and oxygen atoms in total.